The molecule has 0 spiro atoms. The van der Waals surface area contributed by atoms with Gasteiger partial charge in [0.1, 0.15) is 5.82 Å². The Hall–Kier alpha value is -2.24. The van der Waals surface area contributed by atoms with Crippen molar-refractivity contribution >= 4 is 5.91 Å². The molecule has 2 unspecified atom stereocenters. The van der Waals surface area contributed by atoms with E-state index in [9.17, 15) is 9.18 Å². The minimum absolute atomic E-state index is 0.00207. The molecule has 1 aliphatic rings. The van der Waals surface area contributed by atoms with Crippen LogP contribution in [0.25, 0.3) is 0 Å². The molecule has 2 N–H and O–H groups in total. The maximum Gasteiger partial charge on any atom is 0.234 e. The lowest BCUT2D eigenvalue weighted by atomic mass is 10.0. The maximum absolute atomic E-state index is 13.6. The van der Waals surface area contributed by atoms with E-state index >= 15 is 0 Å². The Morgan fingerprint density at radius 3 is 2.84 bits per heavy atom. The van der Waals surface area contributed by atoms with Gasteiger partial charge in [-0.15, -0.1) is 0 Å². The van der Waals surface area contributed by atoms with Gasteiger partial charge in [-0.25, -0.2) is 4.39 Å². The molecule has 25 heavy (non-hydrogen) atoms. The minimum Gasteiger partial charge on any atom is -0.348 e. The Kier molecular flexibility index (Phi) is 5.79. The third-order valence-electron chi connectivity index (χ3n) is 4.61. The molecule has 2 aromatic carbocycles. The summed E-state index contributed by atoms with van der Waals surface area (Å²) < 4.78 is 13.6. The molecule has 0 aliphatic carbocycles. The summed E-state index contributed by atoms with van der Waals surface area (Å²) in [5, 5.41) is 6.38. The van der Waals surface area contributed by atoms with Gasteiger partial charge in [0.25, 0.3) is 0 Å². The molecule has 5 heteroatoms. The van der Waals surface area contributed by atoms with Gasteiger partial charge in [-0.1, -0.05) is 42.5 Å². The van der Waals surface area contributed by atoms with Crippen LogP contribution in [0.3, 0.4) is 0 Å². The number of amides is 1. The first-order valence-electron chi connectivity index (χ1n) is 8.68. The maximum atomic E-state index is 13.6. The van der Waals surface area contributed by atoms with Crippen LogP contribution < -0.4 is 10.6 Å². The number of hydrogen-bond acceptors (Lipinski definition) is 3. The highest BCUT2D eigenvalue weighted by atomic mass is 19.1. The fraction of sp³-hybridized carbons (Fsp3) is 0.350. The van der Waals surface area contributed by atoms with Crippen molar-refractivity contribution in [2.24, 2.45) is 0 Å². The highest BCUT2D eigenvalue weighted by Gasteiger charge is 2.26. The van der Waals surface area contributed by atoms with Crippen LogP contribution in [0.1, 0.15) is 30.1 Å². The molecule has 0 bridgehead atoms. The summed E-state index contributed by atoms with van der Waals surface area (Å²) in [5.74, 6) is -0.259. The molecule has 3 rings (SSSR count). The van der Waals surface area contributed by atoms with Crippen molar-refractivity contribution in [3.05, 3.63) is 71.5 Å². The van der Waals surface area contributed by atoms with Gasteiger partial charge in [-0.2, -0.15) is 0 Å². The standard InChI is InChI=1S/C20H24FN3O/c1-15(16-6-3-2-4-7-16)23-20(25)14-24-11-10-22-13-19(24)17-8-5-9-18(21)12-17/h2-9,12,15,19,22H,10-11,13-14H2,1H3,(H,23,25). The molecule has 1 saturated heterocycles. The number of hydrogen-bond donors (Lipinski definition) is 2. The molecule has 4 nitrogen and oxygen atoms in total. The molecule has 1 heterocycles. The molecular formula is C20H24FN3O. The molecule has 132 valence electrons. The van der Waals surface area contributed by atoms with Crippen molar-refractivity contribution in [3.8, 4) is 0 Å². The van der Waals surface area contributed by atoms with E-state index in [1.807, 2.05) is 43.3 Å². The Morgan fingerprint density at radius 2 is 2.08 bits per heavy atom. The highest BCUT2D eigenvalue weighted by molar-refractivity contribution is 5.78. The van der Waals surface area contributed by atoms with Gasteiger partial charge in [0.2, 0.25) is 5.91 Å². The van der Waals surface area contributed by atoms with Crippen molar-refractivity contribution in [2.45, 2.75) is 19.0 Å². The lowest BCUT2D eigenvalue weighted by molar-refractivity contribution is -0.123. The molecule has 2 atom stereocenters. The summed E-state index contributed by atoms with van der Waals surface area (Å²) in [5.41, 5.74) is 1.98. The number of nitrogens with one attached hydrogen (secondary N) is 2. The lowest BCUT2D eigenvalue weighted by Crippen LogP contribution is -2.49. The summed E-state index contributed by atoms with van der Waals surface area (Å²) >= 11 is 0. The van der Waals surface area contributed by atoms with E-state index in [-0.39, 0.29) is 23.8 Å². The Labute approximate surface area is 148 Å². The number of piperazine rings is 1. The fourth-order valence-corrected chi connectivity index (χ4v) is 3.27. The van der Waals surface area contributed by atoms with Gasteiger partial charge in [0.15, 0.2) is 0 Å². The average Bonchev–Trinajstić information content (AvgIpc) is 2.63. The van der Waals surface area contributed by atoms with Crippen molar-refractivity contribution in [2.75, 3.05) is 26.2 Å². The van der Waals surface area contributed by atoms with Crippen LogP contribution in [0.2, 0.25) is 0 Å². The van der Waals surface area contributed by atoms with Crippen molar-refractivity contribution < 1.29 is 9.18 Å². The summed E-state index contributed by atoms with van der Waals surface area (Å²) in [4.78, 5) is 14.6. The molecule has 0 saturated carbocycles. The zero-order valence-corrected chi connectivity index (χ0v) is 14.4. The number of rotatable bonds is 5. The van der Waals surface area contributed by atoms with Gasteiger partial charge in [-0.3, -0.25) is 9.69 Å². The molecule has 0 aromatic heterocycles. The molecule has 2 aromatic rings. The third-order valence-corrected chi connectivity index (χ3v) is 4.61. The van der Waals surface area contributed by atoms with E-state index in [4.69, 9.17) is 0 Å². The predicted molar refractivity (Wildman–Crippen MR) is 96.6 cm³/mol. The molecule has 0 radical (unpaired) electrons. The van der Waals surface area contributed by atoms with Gasteiger partial charge in [0.05, 0.1) is 12.6 Å². The Morgan fingerprint density at radius 1 is 1.28 bits per heavy atom. The van der Waals surface area contributed by atoms with Crippen LogP contribution >= 0.6 is 0 Å². The molecular weight excluding hydrogens is 317 g/mol. The van der Waals surface area contributed by atoms with Crippen LogP contribution in [0.4, 0.5) is 4.39 Å². The van der Waals surface area contributed by atoms with Crippen molar-refractivity contribution in [3.63, 3.8) is 0 Å². The van der Waals surface area contributed by atoms with Crippen molar-refractivity contribution in [1.82, 2.24) is 15.5 Å². The second-order valence-electron chi connectivity index (χ2n) is 6.45. The van der Waals surface area contributed by atoms with Gasteiger partial charge in [0, 0.05) is 25.7 Å². The van der Waals surface area contributed by atoms with Gasteiger partial charge >= 0.3 is 0 Å². The average molecular weight is 341 g/mol. The SMILES string of the molecule is CC(NC(=O)CN1CCNCC1c1cccc(F)c1)c1ccccc1. The largest absolute Gasteiger partial charge is 0.348 e. The Bertz CT molecular complexity index is 707. The van der Waals surface area contributed by atoms with Gasteiger partial charge in [-0.05, 0) is 30.2 Å². The van der Waals surface area contributed by atoms with Crippen molar-refractivity contribution in [1.29, 1.82) is 0 Å². The quantitative estimate of drug-likeness (QED) is 0.879. The van der Waals surface area contributed by atoms with E-state index in [1.54, 1.807) is 12.1 Å². The van der Waals surface area contributed by atoms with E-state index < -0.39 is 0 Å². The Balaban J connectivity index is 1.64. The first kappa shape index (κ1) is 17.6. The van der Waals surface area contributed by atoms with E-state index in [0.29, 0.717) is 13.1 Å². The number of halogens is 1. The first-order chi connectivity index (χ1) is 12.1. The monoisotopic (exact) mass is 341 g/mol. The summed E-state index contributed by atoms with van der Waals surface area (Å²) in [6.45, 7) is 4.59. The normalized spacial score (nSPS) is 19.4. The fourth-order valence-electron chi connectivity index (χ4n) is 3.27. The summed E-state index contributed by atoms with van der Waals surface area (Å²) in [7, 11) is 0. The summed E-state index contributed by atoms with van der Waals surface area (Å²) in [6.07, 6.45) is 0. The number of nitrogens with zero attached hydrogens (tertiary/aromatic N) is 1. The zero-order valence-electron chi connectivity index (χ0n) is 14.4. The van der Waals surface area contributed by atoms with Crippen LogP contribution in [-0.2, 0) is 4.79 Å². The second-order valence-corrected chi connectivity index (χ2v) is 6.45. The number of benzene rings is 2. The zero-order chi connectivity index (χ0) is 17.6. The molecule has 1 amide bonds. The summed E-state index contributed by atoms with van der Waals surface area (Å²) in [6, 6.07) is 16.5. The second kappa shape index (κ2) is 8.23. The minimum atomic E-state index is -0.245. The predicted octanol–water partition coefficient (Wildman–Crippen LogP) is 2.65. The highest BCUT2D eigenvalue weighted by Crippen LogP contribution is 2.22. The van der Waals surface area contributed by atoms with Crippen LogP contribution in [-0.4, -0.2) is 37.0 Å². The number of carbonyl (C=O) groups excluding carboxylic acids is 1. The van der Waals surface area contributed by atoms with E-state index in [2.05, 4.69) is 15.5 Å². The van der Waals surface area contributed by atoms with Crippen LogP contribution in [0.15, 0.2) is 54.6 Å². The topological polar surface area (TPSA) is 44.4 Å². The van der Waals surface area contributed by atoms with E-state index in [1.165, 1.54) is 6.07 Å². The third kappa shape index (κ3) is 4.65. The van der Waals surface area contributed by atoms with Crippen LogP contribution in [0.5, 0.6) is 0 Å². The van der Waals surface area contributed by atoms with Gasteiger partial charge < -0.3 is 10.6 Å². The molecule has 1 aliphatic heterocycles. The smallest absolute Gasteiger partial charge is 0.234 e. The van der Waals surface area contributed by atoms with Crippen LogP contribution in [0, 0.1) is 5.82 Å². The number of carbonyl (C=O) groups is 1. The van der Waals surface area contributed by atoms with E-state index in [0.717, 1.165) is 24.2 Å². The molecule has 1 fully saturated rings. The lowest BCUT2D eigenvalue weighted by Gasteiger charge is -2.36. The first-order valence-corrected chi connectivity index (χ1v) is 8.68.